The summed E-state index contributed by atoms with van der Waals surface area (Å²) in [4.78, 5) is 31.6. The van der Waals surface area contributed by atoms with Crippen molar-refractivity contribution in [3.63, 3.8) is 0 Å². The minimum atomic E-state index is -0.0534. The van der Waals surface area contributed by atoms with Crippen molar-refractivity contribution in [3.05, 3.63) is 12.2 Å². The lowest BCUT2D eigenvalue weighted by atomic mass is 10.1. The fourth-order valence-electron chi connectivity index (χ4n) is 2.62. The van der Waals surface area contributed by atoms with Gasteiger partial charge in [-0.2, -0.15) is 0 Å². The molecule has 134 valence electrons. The van der Waals surface area contributed by atoms with Gasteiger partial charge < -0.3 is 20.4 Å². The molecule has 24 heavy (non-hydrogen) atoms. The van der Waals surface area contributed by atoms with E-state index in [1.165, 1.54) is 4.90 Å². The summed E-state index contributed by atoms with van der Waals surface area (Å²) < 4.78 is 0. The zero-order valence-electron chi connectivity index (χ0n) is 15.0. The number of amides is 2. The van der Waals surface area contributed by atoms with Gasteiger partial charge in [0.05, 0.1) is 0 Å². The molecule has 0 aromatic carbocycles. The molecule has 1 unspecified atom stereocenters. The van der Waals surface area contributed by atoms with E-state index in [0.717, 1.165) is 25.0 Å². The first-order valence-electron chi connectivity index (χ1n) is 8.53. The number of likely N-dealkylation sites (N-methyl/N-ethyl adjacent to an activating group) is 1. The van der Waals surface area contributed by atoms with Crippen molar-refractivity contribution >= 4 is 17.8 Å². The summed E-state index contributed by atoms with van der Waals surface area (Å²) in [5.74, 6) is 1.09. The van der Waals surface area contributed by atoms with Gasteiger partial charge in [-0.3, -0.25) is 9.59 Å². The predicted octanol–water partition coefficient (Wildman–Crippen LogP) is 0.197. The van der Waals surface area contributed by atoms with E-state index >= 15 is 0 Å². The van der Waals surface area contributed by atoms with Crippen molar-refractivity contribution in [1.82, 2.24) is 20.4 Å². The van der Waals surface area contributed by atoms with E-state index in [4.69, 9.17) is 0 Å². The molecular weight excluding hydrogens is 306 g/mol. The van der Waals surface area contributed by atoms with Crippen LogP contribution in [0.1, 0.15) is 26.2 Å². The second kappa shape index (κ2) is 8.17. The Kier molecular flexibility index (Phi) is 6.23. The fourth-order valence-corrected chi connectivity index (χ4v) is 2.62. The van der Waals surface area contributed by atoms with Crippen LogP contribution in [-0.2, 0) is 9.59 Å². The highest BCUT2D eigenvalue weighted by Gasteiger charge is 2.39. The molecule has 7 heteroatoms. The molecule has 2 aliphatic rings. The molecule has 1 saturated heterocycles. The number of nitrogens with one attached hydrogen (secondary N) is 2. The van der Waals surface area contributed by atoms with Gasteiger partial charge in [0.2, 0.25) is 11.8 Å². The van der Waals surface area contributed by atoms with Gasteiger partial charge in [0.25, 0.3) is 0 Å². The normalized spacial score (nSPS) is 21.0. The number of carbonyl (C=O) groups excluding carboxylic acids is 2. The maximum Gasteiger partial charge on any atom is 0.243 e. The molecule has 7 nitrogen and oxygen atoms in total. The first-order chi connectivity index (χ1) is 11.4. The van der Waals surface area contributed by atoms with Crippen molar-refractivity contribution in [2.45, 2.75) is 32.2 Å². The molecule has 1 saturated carbocycles. The highest BCUT2D eigenvalue weighted by Crippen LogP contribution is 2.32. The summed E-state index contributed by atoms with van der Waals surface area (Å²) in [6.07, 6.45) is 2.88. The summed E-state index contributed by atoms with van der Waals surface area (Å²) in [5, 5.41) is 6.42. The molecule has 0 aromatic rings. The SMILES string of the molecule is C=C(C)CNC(=NCC(=O)N(C)C)NCC1CC(=O)N(C2CC2)C1. The van der Waals surface area contributed by atoms with Crippen molar-refractivity contribution in [3.8, 4) is 0 Å². The van der Waals surface area contributed by atoms with Crippen molar-refractivity contribution in [2.24, 2.45) is 10.9 Å². The topological polar surface area (TPSA) is 77.0 Å². The maximum absolute atomic E-state index is 12.0. The first kappa shape index (κ1) is 18.3. The molecule has 1 heterocycles. The van der Waals surface area contributed by atoms with Crippen LogP contribution < -0.4 is 10.6 Å². The highest BCUT2D eigenvalue weighted by atomic mass is 16.2. The van der Waals surface area contributed by atoms with Gasteiger partial charge in [-0.1, -0.05) is 12.2 Å². The summed E-state index contributed by atoms with van der Waals surface area (Å²) in [6, 6.07) is 0.481. The molecule has 1 atom stereocenters. The minimum absolute atomic E-state index is 0.0534. The van der Waals surface area contributed by atoms with Crippen LogP contribution in [0.15, 0.2) is 17.1 Å². The van der Waals surface area contributed by atoms with E-state index < -0.39 is 0 Å². The molecular formula is C17H29N5O2. The van der Waals surface area contributed by atoms with Gasteiger partial charge >= 0.3 is 0 Å². The molecule has 2 amide bonds. The van der Waals surface area contributed by atoms with Crippen molar-refractivity contribution < 1.29 is 9.59 Å². The number of rotatable bonds is 7. The van der Waals surface area contributed by atoms with Gasteiger partial charge in [0.15, 0.2) is 5.96 Å². The molecule has 0 aromatic heterocycles. The third kappa shape index (κ3) is 5.54. The van der Waals surface area contributed by atoms with Crippen LogP contribution in [0, 0.1) is 5.92 Å². The Bertz CT molecular complexity index is 525. The molecule has 2 rings (SSSR count). The smallest absolute Gasteiger partial charge is 0.243 e. The van der Waals surface area contributed by atoms with Crippen LogP contribution in [-0.4, -0.2) is 73.9 Å². The van der Waals surface area contributed by atoms with Gasteiger partial charge in [-0.05, 0) is 19.8 Å². The number of guanidine groups is 1. The minimum Gasteiger partial charge on any atom is -0.356 e. The van der Waals surface area contributed by atoms with Gasteiger partial charge in [0, 0.05) is 52.1 Å². The Balaban J connectivity index is 1.85. The Labute approximate surface area is 144 Å². The maximum atomic E-state index is 12.0. The number of nitrogens with zero attached hydrogens (tertiary/aromatic N) is 3. The van der Waals surface area contributed by atoms with Gasteiger partial charge in [-0.25, -0.2) is 4.99 Å². The lowest BCUT2D eigenvalue weighted by Crippen LogP contribution is -2.41. The Morgan fingerprint density at radius 1 is 1.38 bits per heavy atom. The van der Waals surface area contributed by atoms with Crippen LogP contribution in [0.25, 0.3) is 0 Å². The Hall–Kier alpha value is -2.05. The molecule has 0 radical (unpaired) electrons. The lowest BCUT2D eigenvalue weighted by Gasteiger charge is -2.17. The molecule has 2 N–H and O–H groups in total. The van der Waals surface area contributed by atoms with E-state index in [2.05, 4.69) is 22.2 Å². The van der Waals surface area contributed by atoms with Crippen molar-refractivity contribution in [1.29, 1.82) is 0 Å². The fraction of sp³-hybridized carbons (Fsp3) is 0.706. The average molecular weight is 335 g/mol. The number of likely N-dealkylation sites (tertiary alicyclic amines) is 1. The number of hydrogen-bond acceptors (Lipinski definition) is 3. The first-order valence-corrected chi connectivity index (χ1v) is 8.53. The second-order valence-corrected chi connectivity index (χ2v) is 6.99. The highest BCUT2D eigenvalue weighted by molar-refractivity contribution is 5.85. The molecule has 1 aliphatic carbocycles. The van der Waals surface area contributed by atoms with E-state index in [-0.39, 0.29) is 18.4 Å². The summed E-state index contributed by atoms with van der Waals surface area (Å²) in [7, 11) is 3.42. The van der Waals surface area contributed by atoms with Crippen LogP contribution in [0.3, 0.4) is 0 Å². The van der Waals surface area contributed by atoms with Crippen LogP contribution >= 0.6 is 0 Å². The zero-order valence-corrected chi connectivity index (χ0v) is 15.0. The molecule has 0 bridgehead atoms. The summed E-state index contributed by atoms with van der Waals surface area (Å²) in [5.41, 5.74) is 0.986. The molecule has 1 aliphatic heterocycles. The van der Waals surface area contributed by atoms with Gasteiger partial charge in [0.1, 0.15) is 6.54 Å². The van der Waals surface area contributed by atoms with Crippen molar-refractivity contribution in [2.75, 3.05) is 40.3 Å². The Morgan fingerprint density at radius 3 is 2.67 bits per heavy atom. The average Bonchev–Trinajstić information content (AvgIpc) is 3.29. The van der Waals surface area contributed by atoms with Crippen LogP contribution in [0.2, 0.25) is 0 Å². The standard InChI is InChI=1S/C17H29N5O2/c1-12(2)8-18-17(20-10-16(24)21(3)4)19-9-13-7-15(23)22(11-13)14-5-6-14/h13-14H,1,5-11H2,2-4H3,(H2,18,19,20). The van der Waals surface area contributed by atoms with Crippen LogP contribution in [0.4, 0.5) is 0 Å². The van der Waals surface area contributed by atoms with Gasteiger partial charge in [-0.15, -0.1) is 0 Å². The van der Waals surface area contributed by atoms with E-state index in [0.29, 0.717) is 37.4 Å². The predicted molar refractivity (Wildman–Crippen MR) is 94.7 cm³/mol. The summed E-state index contributed by atoms with van der Waals surface area (Å²) in [6.45, 7) is 7.98. The van der Waals surface area contributed by atoms with Crippen LogP contribution in [0.5, 0.6) is 0 Å². The Morgan fingerprint density at radius 2 is 2.08 bits per heavy atom. The quantitative estimate of drug-likeness (QED) is 0.396. The molecule has 2 fully saturated rings. The number of carbonyl (C=O) groups is 2. The third-order valence-electron chi connectivity index (χ3n) is 4.21. The monoisotopic (exact) mass is 335 g/mol. The number of hydrogen-bond donors (Lipinski definition) is 2. The largest absolute Gasteiger partial charge is 0.356 e. The third-order valence-corrected chi connectivity index (χ3v) is 4.21. The van der Waals surface area contributed by atoms with E-state index in [1.54, 1.807) is 14.1 Å². The lowest BCUT2D eigenvalue weighted by molar-refractivity contribution is -0.128. The van der Waals surface area contributed by atoms with E-state index in [1.807, 2.05) is 11.8 Å². The zero-order chi connectivity index (χ0) is 17.7. The number of aliphatic imine (C=N–C) groups is 1. The second-order valence-electron chi connectivity index (χ2n) is 6.99. The van der Waals surface area contributed by atoms with E-state index in [9.17, 15) is 9.59 Å². The molecule has 0 spiro atoms. The summed E-state index contributed by atoms with van der Waals surface area (Å²) >= 11 is 0.